The van der Waals surface area contributed by atoms with Gasteiger partial charge in [-0.05, 0) is 98.2 Å². The first-order valence-corrected chi connectivity index (χ1v) is 11.6. The van der Waals surface area contributed by atoms with Crippen LogP contribution in [0.5, 0.6) is 0 Å². The van der Waals surface area contributed by atoms with Gasteiger partial charge < -0.3 is 5.73 Å². The van der Waals surface area contributed by atoms with Gasteiger partial charge >= 0.3 is 0 Å². The topological polar surface area (TPSA) is 26.0 Å². The second-order valence-electron chi connectivity index (χ2n) is 10.8. The van der Waals surface area contributed by atoms with Gasteiger partial charge in [0, 0.05) is 6.04 Å². The van der Waals surface area contributed by atoms with E-state index in [1.807, 2.05) is 0 Å². The van der Waals surface area contributed by atoms with E-state index in [1.54, 1.807) is 0 Å². The maximum absolute atomic E-state index is 6.34. The lowest BCUT2D eigenvalue weighted by Gasteiger charge is -2.56. The predicted octanol–water partition coefficient (Wildman–Crippen LogP) is 6.80. The highest BCUT2D eigenvalue weighted by Crippen LogP contribution is 2.66. The molecule has 25 heavy (non-hydrogen) atoms. The van der Waals surface area contributed by atoms with Crippen molar-refractivity contribution in [3.63, 3.8) is 0 Å². The molecule has 4 saturated carbocycles. The Bertz CT molecular complexity index is 445. The van der Waals surface area contributed by atoms with Crippen LogP contribution in [0.4, 0.5) is 0 Å². The zero-order chi connectivity index (χ0) is 18.2. The summed E-state index contributed by atoms with van der Waals surface area (Å²) in [7, 11) is 0. The van der Waals surface area contributed by atoms with Gasteiger partial charge in [-0.2, -0.15) is 0 Å². The highest BCUT2D eigenvalue weighted by molar-refractivity contribution is 5.07. The molecule has 146 valence electrons. The summed E-state index contributed by atoms with van der Waals surface area (Å²) in [5.41, 5.74) is 7.63. The molecule has 0 bridgehead atoms. The molecular formula is C24H45N. The number of rotatable bonds is 0. The summed E-state index contributed by atoms with van der Waals surface area (Å²) in [6.07, 6.45) is 15.8. The molecule has 0 radical (unpaired) electrons. The van der Waals surface area contributed by atoms with Crippen LogP contribution in [0.2, 0.25) is 0 Å². The van der Waals surface area contributed by atoms with Gasteiger partial charge in [-0.15, -0.1) is 0 Å². The standard InChI is InChI=1S/C21H37N.C3H8/c1-14-7-8-18-17-6-4-5-15-13-16(22)9-11-21(15,3)19(17)10-12-20(14,18)2;1-3-2/h14-19H,4-13,22H2,1-3H3;3H2,1-2H3. The normalized spacial score (nSPS) is 52.1. The van der Waals surface area contributed by atoms with Crippen molar-refractivity contribution in [2.24, 2.45) is 46.2 Å². The molecule has 0 saturated heterocycles. The molecule has 0 aliphatic heterocycles. The summed E-state index contributed by atoms with van der Waals surface area (Å²) in [5, 5.41) is 0. The summed E-state index contributed by atoms with van der Waals surface area (Å²) in [6.45, 7) is 12.1. The van der Waals surface area contributed by atoms with Crippen molar-refractivity contribution in [3.05, 3.63) is 0 Å². The lowest BCUT2D eigenvalue weighted by Crippen LogP contribution is -2.50. The van der Waals surface area contributed by atoms with Crippen LogP contribution in [0.3, 0.4) is 0 Å². The molecule has 8 unspecified atom stereocenters. The zero-order valence-electron chi connectivity index (χ0n) is 17.8. The van der Waals surface area contributed by atoms with Crippen molar-refractivity contribution < 1.29 is 0 Å². The largest absolute Gasteiger partial charge is 0.328 e. The molecule has 0 aromatic rings. The van der Waals surface area contributed by atoms with Gasteiger partial charge in [-0.25, -0.2) is 0 Å². The lowest BCUT2D eigenvalue weighted by atomic mass is 9.49. The molecule has 1 nitrogen and oxygen atoms in total. The molecule has 0 heterocycles. The van der Waals surface area contributed by atoms with Crippen LogP contribution < -0.4 is 5.73 Å². The van der Waals surface area contributed by atoms with Crippen molar-refractivity contribution in [1.29, 1.82) is 0 Å². The Morgan fingerprint density at radius 2 is 1.48 bits per heavy atom. The number of hydrogen-bond donors (Lipinski definition) is 1. The molecule has 0 spiro atoms. The molecule has 4 fully saturated rings. The van der Waals surface area contributed by atoms with Gasteiger partial charge in [-0.3, -0.25) is 0 Å². The maximum atomic E-state index is 6.34. The Kier molecular flexibility index (Phi) is 5.94. The van der Waals surface area contributed by atoms with Crippen LogP contribution in [-0.4, -0.2) is 6.04 Å². The Hall–Kier alpha value is -0.0400. The van der Waals surface area contributed by atoms with Crippen LogP contribution in [0, 0.1) is 40.4 Å². The maximum Gasteiger partial charge on any atom is 0.00418 e. The summed E-state index contributed by atoms with van der Waals surface area (Å²) < 4.78 is 0. The van der Waals surface area contributed by atoms with Crippen LogP contribution in [-0.2, 0) is 0 Å². The van der Waals surface area contributed by atoms with E-state index in [0.29, 0.717) is 16.9 Å². The van der Waals surface area contributed by atoms with Crippen LogP contribution in [0.1, 0.15) is 105 Å². The smallest absolute Gasteiger partial charge is 0.00418 e. The Labute approximate surface area is 157 Å². The van der Waals surface area contributed by atoms with Crippen molar-refractivity contribution >= 4 is 0 Å². The second-order valence-corrected chi connectivity index (χ2v) is 10.8. The average Bonchev–Trinajstić information content (AvgIpc) is 2.79. The summed E-state index contributed by atoms with van der Waals surface area (Å²) in [4.78, 5) is 0. The van der Waals surface area contributed by atoms with Gasteiger partial charge in [0.2, 0.25) is 0 Å². The fourth-order valence-corrected chi connectivity index (χ4v) is 7.76. The Morgan fingerprint density at radius 3 is 2.20 bits per heavy atom. The molecule has 8 atom stereocenters. The van der Waals surface area contributed by atoms with Crippen molar-refractivity contribution in [2.45, 2.75) is 111 Å². The van der Waals surface area contributed by atoms with Crippen LogP contribution in [0.25, 0.3) is 0 Å². The number of hydrogen-bond acceptors (Lipinski definition) is 1. The first-order chi connectivity index (χ1) is 11.9. The molecule has 0 amide bonds. The molecule has 4 aliphatic carbocycles. The molecular weight excluding hydrogens is 302 g/mol. The predicted molar refractivity (Wildman–Crippen MR) is 109 cm³/mol. The Morgan fingerprint density at radius 1 is 0.840 bits per heavy atom. The monoisotopic (exact) mass is 347 g/mol. The molecule has 0 aromatic carbocycles. The molecule has 4 rings (SSSR count). The summed E-state index contributed by atoms with van der Waals surface area (Å²) >= 11 is 0. The molecule has 0 aromatic heterocycles. The van der Waals surface area contributed by atoms with E-state index in [-0.39, 0.29) is 0 Å². The SMILES string of the molecule is CC1CCC2C3CCCC4CC(N)CCC4(C)C3CCC12C.CCC. The van der Waals surface area contributed by atoms with E-state index >= 15 is 0 Å². The average molecular weight is 348 g/mol. The second kappa shape index (κ2) is 7.53. The minimum atomic E-state index is 0.495. The van der Waals surface area contributed by atoms with Gasteiger partial charge in [0.05, 0.1) is 0 Å². The number of nitrogens with two attached hydrogens (primary N) is 1. The minimum Gasteiger partial charge on any atom is -0.328 e. The van der Waals surface area contributed by atoms with E-state index in [4.69, 9.17) is 5.73 Å². The Balaban J connectivity index is 0.000000569. The van der Waals surface area contributed by atoms with Crippen LogP contribution >= 0.6 is 0 Å². The lowest BCUT2D eigenvalue weighted by molar-refractivity contribution is -0.0665. The molecule has 4 aliphatic rings. The fourth-order valence-electron chi connectivity index (χ4n) is 7.76. The first kappa shape index (κ1) is 19.7. The zero-order valence-corrected chi connectivity index (χ0v) is 17.8. The summed E-state index contributed by atoms with van der Waals surface area (Å²) in [5.74, 6) is 4.97. The summed E-state index contributed by atoms with van der Waals surface area (Å²) in [6, 6.07) is 0.495. The third-order valence-corrected chi connectivity index (χ3v) is 9.42. The van der Waals surface area contributed by atoms with E-state index < -0.39 is 0 Å². The molecule has 1 heteroatoms. The highest BCUT2D eigenvalue weighted by Gasteiger charge is 2.57. The van der Waals surface area contributed by atoms with Gasteiger partial charge in [0.25, 0.3) is 0 Å². The van der Waals surface area contributed by atoms with E-state index in [2.05, 4.69) is 34.6 Å². The fraction of sp³-hybridized carbons (Fsp3) is 1.00. The third kappa shape index (κ3) is 3.32. The van der Waals surface area contributed by atoms with E-state index in [9.17, 15) is 0 Å². The highest BCUT2D eigenvalue weighted by atomic mass is 14.7. The van der Waals surface area contributed by atoms with Gasteiger partial charge in [0.15, 0.2) is 0 Å². The third-order valence-electron chi connectivity index (χ3n) is 9.42. The van der Waals surface area contributed by atoms with Crippen molar-refractivity contribution in [2.75, 3.05) is 0 Å². The van der Waals surface area contributed by atoms with E-state index in [1.165, 1.54) is 70.6 Å². The van der Waals surface area contributed by atoms with Gasteiger partial charge in [0.1, 0.15) is 0 Å². The first-order valence-electron chi connectivity index (χ1n) is 11.6. The number of fused-ring (bicyclic) bond motifs is 5. The van der Waals surface area contributed by atoms with E-state index in [0.717, 1.165) is 29.6 Å². The molecule has 2 N–H and O–H groups in total. The minimum absolute atomic E-state index is 0.495. The van der Waals surface area contributed by atoms with Gasteiger partial charge in [-0.1, -0.05) is 47.5 Å². The van der Waals surface area contributed by atoms with Crippen molar-refractivity contribution in [3.8, 4) is 0 Å². The van der Waals surface area contributed by atoms with Crippen LogP contribution in [0.15, 0.2) is 0 Å². The van der Waals surface area contributed by atoms with Crippen molar-refractivity contribution in [1.82, 2.24) is 0 Å². The quantitative estimate of drug-likeness (QED) is 0.512.